The Morgan fingerprint density at radius 1 is 1.56 bits per heavy atom. The van der Waals surface area contributed by atoms with E-state index in [1.54, 1.807) is 18.2 Å². The van der Waals surface area contributed by atoms with Crippen LogP contribution in [-0.4, -0.2) is 23.7 Å². The van der Waals surface area contributed by atoms with Crippen LogP contribution in [0.15, 0.2) is 18.2 Å². The summed E-state index contributed by atoms with van der Waals surface area (Å²) in [7, 11) is 0. The lowest BCUT2D eigenvalue weighted by atomic mass is 10.1. The summed E-state index contributed by atoms with van der Waals surface area (Å²) in [5, 5.41) is 13.4. The minimum atomic E-state index is -0.486. The van der Waals surface area contributed by atoms with Crippen LogP contribution in [0.2, 0.25) is 5.02 Å². The largest absolute Gasteiger partial charge is 0.392 e. The molecule has 1 aromatic rings. The SMILES string of the molecule is NC(=O)c1ccc(CNCC(O)C2CC2)c(Cl)c1. The van der Waals surface area contributed by atoms with Crippen LogP contribution in [0.4, 0.5) is 0 Å². The van der Waals surface area contributed by atoms with Gasteiger partial charge in [-0.2, -0.15) is 0 Å². The average molecular weight is 269 g/mol. The minimum absolute atomic E-state index is 0.270. The van der Waals surface area contributed by atoms with Crippen molar-refractivity contribution in [2.45, 2.75) is 25.5 Å². The zero-order valence-corrected chi connectivity index (χ0v) is 10.8. The number of aliphatic hydroxyl groups is 1. The van der Waals surface area contributed by atoms with Gasteiger partial charge in [-0.1, -0.05) is 17.7 Å². The molecular formula is C13H17ClN2O2. The maximum absolute atomic E-state index is 11.0. The molecule has 0 bridgehead atoms. The number of aliphatic hydroxyl groups excluding tert-OH is 1. The first-order valence-electron chi connectivity index (χ1n) is 6.05. The zero-order valence-electron chi connectivity index (χ0n) is 10.0. The van der Waals surface area contributed by atoms with Gasteiger partial charge in [0.25, 0.3) is 0 Å². The molecule has 5 heteroatoms. The van der Waals surface area contributed by atoms with E-state index in [1.165, 1.54) is 0 Å². The van der Waals surface area contributed by atoms with Crippen molar-refractivity contribution in [3.63, 3.8) is 0 Å². The highest BCUT2D eigenvalue weighted by atomic mass is 35.5. The number of hydrogen-bond acceptors (Lipinski definition) is 3. The van der Waals surface area contributed by atoms with Crippen molar-refractivity contribution in [1.29, 1.82) is 0 Å². The molecule has 1 fully saturated rings. The van der Waals surface area contributed by atoms with E-state index < -0.39 is 5.91 Å². The van der Waals surface area contributed by atoms with Crippen LogP contribution >= 0.6 is 11.6 Å². The fraction of sp³-hybridized carbons (Fsp3) is 0.462. The van der Waals surface area contributed by atoms with Crippen LogP contribution in [0.5, 0.6) is 0 Å². The van der Waals surface area contributed by atoms with Crippen molar-refractivity contribution < 1.29 is 9.90 Å². The van der Waals surface area contributed by atoms with Gasteiger partial charge in [0.2, 0.25) is 5.91 Å². The minimum Gasteiger partial charge on any atom is -0.392 e. The Labute approximate surface area is 111 Å². The number of hydrogen-bond donors (Lipinski definition) is 3. The summed E-state index contributed by atoms with van der Waals surface area (Å²) in [6, 6.07) is 5.00. The highest BCUT2D eigenvalue weighted by molar-refractivity contribution is 6.31. The van der Waals surface area contributed by atoms with Gasteiger partial charge in [-0.05, 0) is 36.5 Å². The van der Waals surface area contributed by atoms with E-state index in [0.29, 0.717) is 29.6 Å². The Kier molecular flexibility index (Phi) is 4.22. The van der Waals surface area contributed by atoms with Crippen LogP contribution in [0.1, 0.15) is 28.8 Å². The number of carbonyl (C=O) groups excluding carboxylic acids is 1. The molecule has 0 aromatic heterocycles. The number of rotatable bonds is 6. The molecule has 1 atom stereocenters. The second-order valence-electron chi connectivity index (χ2n) is 4.71. The third kappa shape index (κ3) is 3.45. The molecule has 4 nitrogen and oxygen atoms in total. The van der Waals surface area contributed by atoms with Crippen molar-refractivity contribution in [1.82, 2.24) is 5.32 Å². The van der Waals surface area contributed by atoms with Gasteiger partial charge >= 0.3 is 0 Å². The van der Waals surface area contributed by atoms with Crippen molar-refractivity contribution in [3.05, 3.63) is 34.3 Å². The Bertz CT molecular complexity index is 447. The number of carbonyl (C=O) groups is 1. The van der Waals surface area contributed by atoms with Gasteiger partial charge in [-0.15, -0.1) is 0 Å². The number of halogens is 1. The summed E-state index contributed by atoms with van der Waals surface area (Å²) >= 11 is 6.05. The van der Waals surface area contributed by atoms with Crippen LogP contribution < -0.4 is 11.1 Å². The Balaban J connectivity index is 1.86. The molecule has 1 aliphatic carbocycles. The molecule has 0 spiro atoms. The topological polar surface area (TPSA) is 75.4 Å². The number of amides is 1. The molecule has 0 saturated heterocycles. The molecule has 1 unspecified atom stereocenters. The molecule has 1 aromatic carbocycles. The lowest BCUT2D eigenvalue weighted by molar-refractivity contribution is 0.100. The lowest BCUT2D eigenvalue weighted by Gasteiger charge is -2.11. The summed E-state index contributed by atoms with van der Waals surface area (Å²) in [6.45, 7) is 1.14. The standard InChI is InChI=1S/C13H17ClN2O2/c14-11-5-9(13(15)18)3-4-10(11)6-16-7-12(17)8-1-2-8/h3-5,8,12,16-17H,1-2,6-7H2,(H2,15,18). The second-order valence-corrected chi connectivity index (χ2v) is 5.11. The summed E-state index contributed by atoms with van der Waals surface area (Å²) in [4.78, 5) is 11.0. The molecule has 0 heterocycles. The molecular weight excluding hydrogens is 252 g/mol. The number of primary amides is 1. The Hall–Kier alpha value is -1.10. The molecule has 0 radical (unpaired) electrons. The highest BCUT2D eigenvalue weighted by Crippen LogP contribution is 2.32. The maximum atomic E-state index is 11.0. The van der Waals surface area contributed by atoms with Gasteiger partial charge < -0.3 is 16.2 Å². The van der Waals surface area contributed by atoms with E-state index in [0.717, 1.165) is 18.4 Å². The van der Waals surface area contributed by atoms with Gasteiger partial charge in [0, 0.05) is 23.7 Å². The second kappa shape index (κ2) is 5.69. The molecule has 1 saturated carbocycles. The first-order valence-corrected chi connectivity index (χ1v) is 6.42. The van der Waals surface area contributed by atoms with Crippen molar-refractivity contribution >= 4 is 17.5 Å². The van der Waals surface area contributed by atoms with E-state index in [9.17, 15) is 9.90 Å². The summed E-state index contributed by atoms with van der Waals surface area (Å²) < 4.78 is 0. The van der Waals surface area contributed by atoms with Crippen LogP contribution in [0.3, 0.4) is 0 Å². The number of nitrogens with two attached hydrogens (primary N) is 1. The predicted molar refractivity (Wildman–Crippen MR) is 70.4 cm³/mol. The molecule has 4 N–H and O–H groups in total. The smallest absolute Gasteiger partial charge is 0.248 e. The van der Waals surface area contributed by atoms with E-state index >= 15 is 0 Å². The third-order valence-electron chi connectivity index (χ3n) is 3.17. The van der Waals surface area contributed by atoms with Gasteiger partial charge in [0.05, 0.1) is 6.10 Å². The highest BCUT2D eigenvalue weighted by Gasteiger charge is 2.29. The third-order valence-corrected chi connectivity index (χ3v) is 3.52. The first-order chi connectivity index (χ1) is 8.58. The zero-order chi connectivity index (χ0) is 13.1. The van der Waals surface area contributed by atoms with E-state index in [1.807, 2.05) is 0 Å². The van der Waals surface area contributed by atoms with Crippen molar-refractivity contribution in [2.75, 3.05) is 6.54 Å². The van der Waals surface area contributed by atoms with Gasteiger partial charge in [0.1, 0.15) is 0 Å². The van der Waals surface area contributed by atoms with Gasteiger partial charge in [-0.25, -0.2) is 0 Å². The lowest BCUT2D eigenvalue weighted by Crippen LogP contribution is -2.27. The fourth-order valence-electron chi connectivity index (χ4n) is 1.85. The van der Waals surface area contributed by atoms with Gasteiger partial charge in [-0.3, -0.25) is 4.79 Å². The number of benzene rings is 1. The van der Waals surface area contributed by atoms with E-state index in [-0.39, 0.29) is 6.10 Å². The monoisotopic (exact) mass is 268 g/mol. The normalized spacial score (nSPS) is 16.6. The predicted octanol–water partition coefficient (Wildman–Crippen LogP) is 1.30. The average Bonchev–Trinajstić information content (AvgIpc) is 3.14. The quantitative estimate of drug-likeness (QED) is 0.728. The molecule has 98 valence electrons. The van der Waals surface area contributed by atoms with Gasteiger partial charge in [0.15, 0.2) is 0 Å². The molecule has 0 aliphatic heterocycles. The van der Waals surface area contributed by atoms with Crippen LogP contribution in [0.25, 0.3) is 0 Å². The van der Waals surface area contributed by atoms with Crippen LogP contribution in [-0.2, 0) is 6.54 Å². The van der Waals surface area contributed by atoms with Crippen molar-refractivity contribution in [3.8, 4) is 0 Å². The van der Waals surface area contributed by atoms with E-state index in [2.05, 4.69) is 5.32 Å². The Morgan fingerprint density at radius 3 is 2.83 bits per heavy atom. The first kappa shape index (κ1) is 13.3. The number of nitrogens with one attached hydrogen (secondary N) is 1. The molecule has 2 rings (SSSR count). The summed E-state index contributed by atoms with van der Waals surface area (Å²) in [5.41, 5.74) is 6.46. The Morgan fingerprint density at radius 2 is 2.28 bits per heavy atom. The van der Waals surface area contributed by atoms with Crippen molar-refractivity contribution in [2.24, 2.45) is 11.7 Å². The van der Waals surface area contributed by atoms with Crippen LogP contribution in [0, 0.1) is 5.92 Å². The molecule has 1 aliphatic rings. The fourth-order valence-corrected chi connectivity index (χ4v) is 2.09. The molecule has 18 heavy (non-hydrogen) atoms. The van der Waals surface area contributed by atoms with E-state index in [4.69, 9.17) is 17.3 Å². The summed E-state index contributed by atoms with van der Waals surface area (Å²) in [6.07, 6.45) is 1.97. The molecule has 1 amide bonds. The summed E-state index contributed by atoms with van der Waals surface area (Å²) in [5.74, 6) is -0.0224. The maximum Gasteiger partial charge on any atom is 0.248 e.